The van der Waals surface area contributed by atoms with E-state index in [4.69, 9.17) is 15.6 Å². The van der Waals surface area contributed by atoms with Crippen LogP contribution in [0.2, 0.25) is 0 Å². The van der Waals surface area contributed by atoms with Crippen molar-refractivity contribution >= 4 is 5.91 Å². The van der Waals surface area contributed by atoms with E-state index < -0.39 is 0 Å². The summed E-state index contributed by atoms with van der Waals surface area (Å²) in [4.78, 5) is 13.8. The van der Waals surface area contributed by atoms with Crippen LogP contribution < -0.4 is 0 Å². The molecule has 1 aromatic heterocycles. The molecule has 1 amide bonds. The van der Waals surface area contributed by atoms with Gasteiger partial charge in [0.15, 0.2) is 0 Å². The fraction of sp³-hybridized carbons (Fsp3) is 0.462. The largest absolute Gasteiger partial charge is 0.467 e. The van der Waals surface area contributed by atoms with Crippen molar-refractivity contribution in [1.29, 1.82) is 0 Å². The Balaban J connectivity index is 2.01. The van der Waals surface area contributed by atoms with Crippen molar-refractivity contribution in [3.63, 3.8) is 0 Å². The molecule has 1 atom stereocenters. The Morgan fingerprint density at radius 3 is 3.12 bits per heavy atom. The van der Waals surface area contributed by atoms with Crippen LogP contribution in [0.5, 0.6) is 0 Å². The first-order chi connectivity index (χ1) is 8.31. The molecule has 0 radical (unpaired) electrons. The molecule has 0 bridgehead atoms. The first-order valence-electron chi connectivity index (χ1n) is 5.63. The number of carbonyl (C=O) groups is 1. The van der Waals surface area contributed by atoms with Gasteiger partial charge >= 0.3 is 0 Å². The highest BCUT2D eigenvalue weighted by Crippen LogP contribution is 2.17. The van der Waals surface area contributed by atoms with Gasteiger partial charge in [-0.3, -0.25) is 4.79 Å². The standard InChI is InChI=1S/C13H15NO3/c1-2-6-14(9-12-4-3-7-17-12)13(15)11-5-8-16-10-11/h1,3-4,7,11H,5-6,8-10H2/t11-/m0/s1. The molecule has 1 aromatic rings. The summed E-state index contributed by atoms with van der Waals surface area (Å²) < 4.78 is 10.4. The van der Waals surface area contributed by atoms with Crippen LogP contribution >= 0.6 is 0 Å². The van der Waals surface area contributed by atoms with Gasteiger partial charge in [-0.1, -0.05) is 5.92 Å². The molecule has 1 saturated heterocycles. The fourth-order valence-corrected chi connectivity index (χ4v) is 1.90. The van der Waals surface area contributed by atoms with Gasteiger partial charge in [-0.05, 0) is 18.6 Å². The molecule has 0 N–H and O–H groups in total. The van der Waals surface area contributed by atoms with E-state index in [2.05, 4.69) is 5.92 Å². The van der Waals surface area contributed by atoms with Crippen LogP contribution in [0, 0.1) is 18.3 Å². The van der Waals surface area contributed by atoms with Crippen LogP contribution in [-0.4, -0.2) is 30.6 Å². The Morgan fingerprint density at radius 1 is 1.65 bits per heavy atom. The molecule has 4 nitrogen and oxygen atoms in total. The Hall–Kier alpha value is -1.73. The number of amides is 1. The minimum Gasteiger partial charge on any atom is -0.467 e. The lowest BCUT2D eigenvalue weighted by atomic mass is 10.1. The maximum absolute atomic E-state index is 12.2. The van der Waals surface area contributed by atoms with Gasteiger partial charge in [0.05, 0.1) is 31.9 Å². The van der Waals surface area contributed by atoms with Gasteiger partial charge in [-0.15, -0.1) is 6.42 Å². The third kappa shape index (κ3) is 2.89. The highest BCUT2D eigenvalue weighted by Gasteiger charge is 2.28. The van der Waals surface area contributed by atoms with Crippen molar-refractivity contribution in [2.75, 3.05) is 19.8 Å². The number of carbonyl (C=O) groups excluding carboxylic acids is 1. The van der Waals surface area contributed by atoms with Gasteiger partial charge in [0.2, 0.25) is 5.91 Å². The lowest BCUT2D eigenvalue weighted by Crippen LogP contribution is -2.36. The van der Waals surface area contributed by atoms with Gasteiger partial charge in [0, 0.05) is 6.61 Å². The number of hydrogen-bond acceptors (Lipinski definition) is 3. The van der Waals surface area contributed by atoms with E-state index in [-0.39, 0.29) is 11.8 Å². The summed E-state index contributed by atoms with van der Waals surface area (Å²) in [5.74, 6) is 3.25. The van der Waals surface area contributed by atoms with Crippen molar-refractivity contribution in [1.82, 2.24) is 4.90 Å². The van der Waals surface area contributed by atoms with Gasteiger partial charge in [-0.2, -0.15) is 0 Å². The van der Waals surface area contributed by atoms with Crippen molar-refractivity contribution in [3.8, 4) is 12.3 Å². The summed E-state index contributed by atoms with van der Waals surface area (Å²) in [6.07, 6.45) is 7.65. The van der Waals surface area contributed by atoms with E-state index in [1.165, 1.54) is 0 Å². The Labute approximate surface area is 101 Å². The molecule has 4 heteroatoms. The van der Waals surface area contributed by atoms with E-state index in [9.17, 15) is 4.79 Å². The zero-order valence-corrected chi connectivity index (χ0v) is 9.59. The molecule has 0 aliphatic carbocycles. The zero-order chi connectivity index (χ0) is 12.1. The van der Waals surface area contributed by atoms with E-state index >= 15 is 0 Å². The van der Waals surface area contributed by atoms with Crippen molar-refractivity contribution < 1.29 is 13.9 Å². The number of rotatable bonds is 4. The maximum Gasteiger partial charge on any atom is 0.229 e. The molecule has 1 fully saturated rings. The Bertz CT molecular complexity index is 399. The first kappa shape index (κ1) is 11.7. The molecule has 1 aliphatic heterocycles. The summed E-state index contributed by atoms with van der Waals surface area (Å²) >= 11 is 0. The number of terminal acetylenes is 1. The molecule has 2 rings (SSSR count). The fourth-order valence-electron chi connectivity index (χ4n) is 1.90. The predicted octanol–water partition coefficient (Wildman–Crippen LogP) is 1.28. The second kappa shape index (κ2) is 5.55. The normalized spacial score (nSPS) is 18.9. The summed E-state index contributed by atoms with van der Waals surface area (Å²) in [7, 11) is 0. The van der Waals surface area contributed by atoms with Crippen LogP contribution in [0.4, 0.5) is 0 Å². The van der Waals surface area contributed by atoms with Crippen molar-refractivity contribution in [3.05, 3.63) is 24.2 Å². The van der Waals surface area contributed by atoms with Gasteiger partial charge in [0.25, 0.3) is 0 Å². The van der Waals surface area contributed by atoms with Crippen molar-refractivity contribution in [2.24, 2.45) is 5.92 Å². The lowest BCUT2D eigenvalue weighted by Gasteiger charge is -2.21. The number of nitrogens with zero attached hydrogens (tertiary/aromatic N) is 1. The van der Waals surface area contributed by atoms with Gasteiger partial charge in [0.1, 0.15) is 5.76 Å². The molecule has 2 heterocycles. The van der Waals surface area contributed by atoms with E-state index in [1.807, 2.05) is 6.07 Å². The van der Waals surface area contributed by atoms with Crippen LogP contribution in [0.15, 0.2) is 22.8 Å². The molecular formula is C13H15NO3. The van der Waals surface area contributed by atoms with Crippen LogP contribution in [-0.2, 0) is 16.1 Å². The van der Waals surface area contributed by atoms with Gasteiger partial charge in [-0.25, -0.2) is 0 Å². The van der Waals surface area contributed by atoms with Crippen molar-refractivity contribution in [2.45, 2.75) is 13.0 Å². The zero-order valence-electron chi connectivity index (χ0n) is 9.59. The lowest BCUT2D eigenvalue weighted by molar-refractivity contribution is -0.135. The van der Waals surface area contributed by atoms with Gasteiger partial charge < -0.3 is 14.1 Å². The second-order valence-corrected chi connectivity index (χ2v) is 4.04. The smallest absolute Gasteiger partial charge is 0.229 e. The number of ether oxygens (including phenoxy) is 1. The first-order valence-corrected chi connectivity index (χ1v) is 5.63. The Kier molecular flexibility index (Phi) is 3.84. The monoisotopic (exact) mass is 233 g/mol. The second-order valence-electron chi connectivity index (χ2n) is 4.04. The Morgan fingerprint density at radius 2 is 2.53 bits per heavy atom. The molecular weight excluding hydrogens is 218 g/mol. The van der Waals surface area contributed by atoms with Crippen LogP contribution in [0.25, 0.3) is 0 Å². The van der Waals surface area contributed by atoms with E-state index in [0.717, 1.165) is 12.2 Å². The summed E-state index contributed by atoms with van der Waals surface area (Å²) in [6.45, 7) is 1.88. The number of hydrogen-bond donors (Lipinski definition) is 0. The quantitative estimate of drug-likeness (QED) is 0.736. The van der Waals surface area contributed by atoms with E-state index in [0.29, 0.717) is 26.3 Å². The molecule has 17 heavy (non-hydrogen) atoms. The minimum atomic E-state index is -0.0571. The molecule has 0 unspecified atom stereocenters. The molecule has 90 valence electrons. The van der Waals surface area contributed by atoms with Crippen LogP contribution in [0.3, 0.4) is 0 Å². The minimum absolute atomic E-state index is 0.0526. The average Bonchev–Trinajstić information content (AvgIpc) is 3.00. The van der Waals surface area contributed by atoms with Crippen LogP contribution in [0.1, 0.15) is 12.2 Å². The highest BCUT2D eigenvalue weighted by molar-refractivity contribution is 5.79. The third-order valence-electron chi connectivity index (χ3n) is 2.80. The molecule has 0 aromatic carbocycles. The average molecular weight is 233 g/mol. The number of furan rings is 1. The predicted molar refractivity (Wildman–Crippen MR) is 61.9 cm³/mol. The SMILES string of the molecule is C#CCN(Cc1ccco1)C(=O)[C@H]1CCOC1. The maximum atomic E-state index is 12.2. The summed E-state index contributed by atoms with van der Waals surface area (Å²) in [5.41, 5.74) is 0. The summed E-state index contributed by atoms with van der Waals surface area (Å²) in [5, 5.41) is 0. The molecule has 0 saturated carbocycles. The van der Waals surface area contributed by atoms with E-state index in [1.54, 1.807) is 17.2 Å². The topological polar surface area (TPSA) is 42.7 Å². The summed E-state index contributed by atoms with van der Waals surface area (Å²) in [6, 6.07) is 3.63. The third-order valence-corrected chi connectivity index (χ3v) is 2.80. The molecule has 0 spiro atoms. The molecule has 1 aliphatic rings. The highest BCUT2D eigenvalue weighted by atomic mass is 16.5.